The number of aliphatic hydroxyl groups is 1. The van der Waals surface area contributed by atoms with E-state index in [1.807, 2.05) is 20.8 Å². The number of amides is 2. The summed E-state index contributed by atoms with van der Waals surface area (Å²) >= 11 is 0. The molecule has 1 atom stereocenters. The van der Waals surface area contributed by atoms with Crippen LogP contribution in [0.5, 0.6) is 0 Å². The van der Waals surface area contributed by atoms with Crippen molar-refractivity contribution in [1.82, 2.24) is 10.6 Å². The third kappa shape index (κ3) is 5.48. The van der Waals surface area contributed by atoms with Gasteiger partial charge in [-0.1, -0.05) is 26.8 Å². The van der Waals surface area contributed by atoms with Crippen LogP contribution in [0.25, 0.3) is 0 Å². The van der Waals surface area contributed by atoms with E-state index in [0.717, 1.165) is 6.42 Å². The Labute approximate surface area is 132 Å². The Morgan fingerprint density at radius 3 is 2.36 bits per heavy atom. The van der Waals surface area contributed by atoms with Crippen LogP contribution in [0.1, 0.15) is 54.3 Å². The first-order chi connectivity index (χ1) is 10.5. The monoisotopic (exact) mass is 306 g/mol. The molecular weight excluding hydrogens is 280 g/mol. The molecule has 0 heterocycles. The molecule has 0 fully saturated rings. The topological polar surface area (TPSA) is 78.4 Å². The van der Waals surface area contributed by atoms with E-state index < -0.39 is 0 Å². The van der Waals surface area contributed by atoms with E-state index in [-0.39, 0.29) is 30.4 Å². The number of benzene rings is 1. The maximum atomic E-state index is 12.3. The molecule has 0 saturated carbocycles. The fraction of sp³-hybridized carbons (Fsp3) is 0.529. The predicted octanol–water partition coefficient (Wildman–Crippen LogP) is 1.96. The fourth-order valence-corrected chi connectivity index (χ4v) is 2.11. The molecule has 3 N–H and O–H groups in total. The van der Waals surface area contributed by atoms with Gasteiger partial charge in [0.25, 0.3) is 11.8 Å². The first kappa shape index (κ1) is 18.2. The molecule has 0 saturated heterocycles. The maximum absolute atomic E-state index is 12.3. The SMILES string of the molecule is CCCNC(=O)c1cccc(C(=O)NC(CCO)C(C)C)c1. The van der Waals surface area contributed by atoms with Crippen LogP contribution in [0.15, 0.2) is 24.3 Å². The third-order valence-corrected chi connectivity index (χ3v) is 3.48. The van der Waals surface area contributed by atoms with E-state index in [1.54, 1.807) is 24.3 Å². The van der Waals surface area contributed by atoms with Crippen molar-refractivity contribution in [3.05, 3.63) is 35.4 Å². The summed E-state index contributed by atoms with van der Waals surface area (Å²) in [6, 6.07) is 6.58. The molecule has 5 nitrogen and oxygen atoms in total. The highest BCUT2D eigenvalue weighted by Crippen LogP contribution is 2.10. The second-order valence-electron chi connectivity index (χ2n) is 5.67. The molecule has 122 valence electrons. The molecule has 0 aliphatic rings. The van der Waals surface area contributed by atoms with Gasteiger partial charge in [0.15, 0.2) is 0 Å². The Kier molecular flexibility index (Phi) is 7.60. The number of hydrogen-bond acceptors (Lipinski definition) is 3. The Morgan fingerprint density at radius 2 is 1.82 bits per heavy atom. The minimum Gasteiger partial charge on any atom is -0.396 e. The van der Waals surface area contributed by atoms with Crippen molar-refractivity contribution in [3.8, 4) is 0 Å². The zero-order valence-electron chi connectivity index (χ0n) is 13.6. The number of aliphatic hydroxyl groups excluding tert-OH is 1. The molecule has 22 heavy (non-hydrogen) atoms. The Morgan fingerprint density at radius 1 is 1.18 bits per heavy atom. The van der Waals surface area contributed by atoms with Gasteiger partial charge in [-0.15, -0.1) is 0 Å². The molecular formula is C17H26N2O3. The van der Waals surface area contributed by atoms with Gasteiger partial charge < -0.3 is 15.7 Å². The smallest absolute Gasteiger partial charge is 0.251 e. The maximum Gasteiger partial charge on any atom is 0.251 e. The van der Waals surface area contributed by atoms with E-state index in [1.165, 1.54) is 0 Å². The van der Waals surface area contributed by atoms with E-state index in [4.69, 9.17) is 5.11 Å². The van der Waals surface area contributed by atoms with Gasteiger partial charge in [0.05, 0.1) is 0 Å². The summed E-state index contributed by atoms with van der Waals surface area (Å²) in [6.07, 6.45) is 1.38. The summed E-state index contributed by atoms with van der Waals surface area (Å²) in [7, 11) is 0. The quantitative estimate of drug-likeness (QED) is 0.687. The fourth-order valence-electron chi connectivity index (χ4n) is 2.11. The molecule has 5 heteroatoms. The predicted molar refractivity (Wildman–Crippen MR) is 86.9 cm³/mol. The van der Waals surface area contributed by atoms with Gasteiger partial charge >= 0.3 is 0 Å². The molecule has 0 aromatic heterocycles. The first-order valence-corrected chi connectivity index (χ1v) is 7.79. The van der Waals surface area contributed by atoms with Gasteiger partial charge in [-0.3, -0.25) is 9.59 Å². The summed E-state index contributed by atoms with van der Waals surface area (Å²) < 4.78 is 0. The lowest BCUT2D eigenvalue weighted by Crippen LogP contribution is -2.39. The molecule has 0 aliphatic heterocycles. The Balaban J connectivity index is 2.79. The normalized spacial score (nSPS) is 12.0. The van der Waals surface area contributed by atoms with Gasteiger partial charge in [0.1, 0.15) is 0 Å². The largest absolute Gasteiger partial charge is 0.396 e. The van der Waals surface area contributed by atoms with Crippen LogP contribution in [0, 0.1) is 5.92 Å². The van der Waals surface area contributed by atoms with Gasteiger partial charge in [-0.05, 0) is 37.0 Å². The first-order valence-electron chi connectivity index (χ1n) is 7.79. The number of nitrogens with one attached hydrogen (secondary N) is 2. The molecule has 0 bridgehead atoms. The summed E-state index contributed by atoms with van der Waals surface area (Å²) in [5.41, 5.74) is 0.928. The van der Waals surface area contributed by atoms with Crippen molar-refractivity contribution < 1.29 is 14.7 Å². The van der Waals surface area contributed by atoms with Gasteiger partial charge in [-0.2, -0.15) is 0 Å². The Bertz CT molecular complexity index is 500. The Hall–Kier alpha value is -1.88. The average molecular weight is 306 g/mol. The van der Waals surface area contributed by atoms with Crippen LogP contribution in [-0.4, -0.2) is 36.1 Å². The minimum absolute atomic E-state index is 0.0303. The van der Waals surface area contributed by atoms with E-state index in [0.29, 0.717) is 24.1 Å². The van der Waals surface area contributed by atoms with Crippen molar-refractivity contribution in [2.24, 2.45) is 5.92 Å². The standard InChI is InChI=1S/C17H26N2O3/c1-4-9-18-16(21)13-6-5-7-14(11-13)17(22)19-15(8-10-20)12(2)3/h5-7,11-12,15,20H,4,8-10H2,1-3H3,(H,18,21)(H,19,22). The molecule has 1 unspecified atom stereocenters. The third-order valence-electron chi connectivity index (χ3n) is 3.48. The van der Waals surface area contributed by atoms with Gasteiger partial charge in [-0.25, -0.2) is 0 Å². The molecule has 1 aromatic carbocycles. The molecule has 0 spiro atoms. The lowest BCUT2D eigenvalue weighted by atomic mass is 10.0. The molecule has 1 rings (SSSR count). The van der Waals surface area contributed by atoms with Crippen LogP contribution in [0.3, 0.4) is 0 Å². The highest BCUT2D eigenvalue weighted by atomic mass is 16.3. The molecule has 0 aliphatic carbocycles. The highest BCUT2D eigenvalue weighted by Gasteiger charge is 2.17. The van der Waals surface area contributed by atoms with Crippen LogP contribution in [0.4, 0.5) is 0 Å². The number of rotatable bonds is 8. The summed E-state index contributed by atoms with van der Waals surface area (Å²) in [6.45, 7) is 6.62. The lowest BCUT2D eigenvalue weighted by Gasteiger charge is -2.21. The molecule has 0 radical (unpaired) electrons. The second-order valence-corrected chi connectivity index (χ2v) is 5.67. The van der Waals surface area contributed by atoms with Gasteiger partial charge in [0, 0.05) is 30.3 Å². The number of hydrogen-bond donors (Lipinski definition) is 3. The van der Waals surface area contributed by atoms with Crippen molar-refractivity contribution in [1.29, 1.82) is 0 Å². The van der Waals surface area contributed by atoms with E-state index >= 15 is 0 Å². The van der Waals surface area contributed by atoms with Crippen molar-refractivity contribution in [2.75, 3.05) is 13.2 Å². The van der Waals surface area contributed by atoms with Crippen molar-refractivity contribution in [3.63, 3.8) is 0 Å². The van der Waals surface area contributed by atoms with Crippen LogP contribution >= 0.6 is 0 Å². The zero-order chi connectivity index (χ0) is 16.5. The van der Waals surface area contributed by atoms with Crippen LogP contribution in [0.2, 0.25) is 0 Å². The minimum atomic E-state index is -0.225. The molecule has 1 aromatic rings. The van der Waals surface area contributed by atoms with Crippen molar-refractivity contribution in [2.45, 2.75) is 39.7 Å². The molecule has 2 amide bonds. The van der Waals surface area contributed by atoms with E-state index in [2.05, 4.69) is 10.6 Å². The second kappa shape index (κ2) is 9.20. The van der Waals surface area contributed by atoms with E-state index in [9.17, 15) is 9.59 Å². The summed E-state index contributed by atoms with van der Waals surface area (Å²) in [5.74, 6) is -0.170. The number of carbonyl (C=O) groups excluding carboxylic acids is 2. The van der Waals surface area contributed by atoms with Crippen LogP contribution in [-0.2, 0) is 0 Å². The van der Waals surface area contributed by atoms with Crippen molar-refractivity contribution >= 4 is 11.8 Å². The lowest BCUT2D eigenvalue weighted by molar-refractivity contribution is 0.0916. The highest BCUT2D eigenvalue weighted by molar-refractivity contribution is 5.99. The zero-order valence-corrected chi connectivity index (χ0v) is 13.6. The number of carbonyl (C=O) groups is 2. The van der Waals surface area contributed by atoms with Gasteiger partial charge in [0.2, 0.25) is 0 Å². The van der Waals surface area contributed by atoms with Crippen LogP contribution < -0.4 is 10.6 Å². The average Bonchev–Trinajstić information content (AvgIpc) is 2.52. The summed E-state index contributed by atoms with van der Waals surface area (Å²) in [5, 5.41) is 14.8. The summed E-state index contributed by atoms with van der Waals surface area (Å²) in [4.78, 5) is 24.2.